The highest BCUT2D eigenvalue weighted by molar-refractivity contribution is 5.84. The molecule has 3 rings (SSSR count). The topological polar surface area (TPSA) is 343 Å². The Labute approximate surface area is 261 Å². The Kier molecular flexibility index (Phi) is 20.9. The van der Waals surface area contributed by atoms with Crippen molar-refractivity contribution in [3.63, 3.8) is 0 Å². The van der Waals surface area contributed by atoms with E-state index in [0.29, 0.717) is 38.8 Å². The molecular formula is C28H49N9O8. The summed E-state index contributed by atoms with van der Waals surface area (Å²) in [5.74, 6) is -3.74. The number of nitrogens with two attached hydrogens (primary N) is 5. The number of aromatic nitrogens is 1. The van der Waals surface area contributed by atoms with Gasteiger partial charge in [-0.2, -0.15) is 0 Å². The number of fused-ring (bicyclic) bond motifs is 1. The van der Waals surface area contributed by atoms with Crippen molar-refractivity contribution in [2.75, 3.05) is 19.6 Å². The number of carboxylic acid groups (broad SMARTS) is 4. The molecule has 4 atom stereocenters. The Balaban J connectivity index is 0.000000590. The van der Waals surface area contributed by atoms with E-state index in [-0.39, 0.29) is 12.0 Å². The lowest BCUT2D eigenvalue weighted by molar-refractivity contribution is -0.139. The second-order valence-electron chi connectivity index (χ2n) is 10.2. The Bertz CT molecular complexity index is 1190. The Hall–Kier alpha value is -4.29. The van der Waals surface area contributed by atoms with Gasteiger partial charge < -0.3 is 64.7 Å². The number of carbonyl (C=O) groups is 4. The third-order valence-electron chi connectivity index (χ3n) is 6.40. The van der Waals surface area contributed by atoms with Crippen molar-refractivity contribution in [2.24, 2.45) is 28.7 Å². The van der Waals surface area contributed by atoms with E-state index >= 15 is 0 Å². The molecule has 2 heterocycles. The van der Waals surface area contributed by atoms with Gasteiger partial charge in [0.2, 0.25) is 0 Å². The zero-order chi connectivity index (χ0) is 34.4. The average Bonchev–Trinajstić information content (AvgIpc) is 3.67. The van der Waals surface area contributed by atoms with Gasteiger partial charge in [-0.15, -0.1) is 0 Å². The van der Waals surface area contributed by atoms with Crippen molar-refractivity contribution in [1.82, 2.24) is 15.6 Å². The van der Waals surface area contributed by atoms with Crippen molar-refractivity contribution >= 4 is 40.7 Å². The third kappa shape index (κ3) is 18.9. The molecule has 1 saturated heterocycles. The van der Waals surface area contributed by atoms with Crippen molar-refractivity contribution in [1.29, 1.82) is 5.41 Å². The SMILES string of the molecule is N=C(N)NCCC[C@H](N)C(=O)O.NCCCC[C@H](N)C(=O)O.N[C@@H](Cc1c[nH]c2ccccc12)C(=O)O.O=C(O)[C@@H]1CCCN1. The van der Waals surface area contributed by atoms with Gasteiger partial charge in [0.15, 0.2) is 5.96 Å². The van der Waals surface area contributed by atoms with Crippen LogP contribution >= 0.6 is 0 Å². The number of H-pyrrole nitrogens is 1. The predicted molar refractivity (Wildman–Crippen MR) is 170 cm³/mol. The first-order valence-electron chi connectivity index (χ1n) is 14.4. The van der Waals surface area contributed by atoms with Crippen molar-refractivity contribution in [3.8, 4) is 0 Å². The number of aliphatic carboxylic acids is 4. The standard InChI is InChI=1S/C11H12N2O2.C6H14N4O2.C6H14N2O2.C5H9NO2/c12-9(11(14)15)5-7-6-13-10-4-2-1-3-8(7)10;7-4(5(11)12)2-1-3-10-6(8)9;7-4-2-1-3-5(8)6(9)10;7-5(8)4-2-1-3-6-4/h1-4,6,9,13H,5,12H2,(H,14,15);4H,1-3,7H2,(H,11,12)(H4,8,9,10);5H,1-4,7-8H2,(H,9,10);4,6H,1-3H2,(H,7,8)/t9-;4-;5-;4-/m0000/s1. The van der Waals surface area contributed by atoms with Gasteiger partial charge in [0.1, 0.15) is 24.2 Å². The van der Waals surface area contributed by atoms with Crippen LogP contribution in [0.15, 0.2) is 30.5 Å². The van der Waals surface area contributed by atoms with Gasteiger partial charge in [-0.05, 0) is 63.2 Å². The molecule has 45 heavy (non-hydrogen) atoms. The molecule has 2 aromatic rings. The summed E-state index contributed by atoms with van der Waals surface area (Å²) in [5.41, 5.74) is 28.1. The van der Waals surface area contributed by atoms with Crippen molar-refractivity contribution in [3.05, 3.63) is 36.0 Å². The number of para-hydroxylation sites is 1. The number of unbranched alkanes of at least 4 members (excludes halogenated alkanes) is 1. The van der Waals surface area contributed by atoms with E-state index in [0.717, 1.165) is 48.7 Å². The van der Waals surface area contributed by atoms with Gasteiger partial charge in [0.25, 0.3) is 0 Å². The summed E-state index contributed by atoms with van der Waals surface area (Å²) in [6, 6.07) is 5.11. The second-order valence-corrected chi connectivity index (χ2v) is 10.2. The molecule has 0 amide bonds. The number of guanidine groups is 1. The van der Waals surface area contributed by atoms with Gasteiger partial charge in [-0.1, -0.05) is 24.6 Å². The number of rotatable bonds is 14. The van der Waals surface area contributed by atoms with Crippen molar-refractivity contribution < 1.29 is 39.6 Å². The molecule has 0 saturated carbocycles. The first kappa shape index (κ1) is 40.7. The summed E-state index contributed by atoms with van der Waals surface area (Å²) < 4.78 is 0. The second kappa shape index (κ2) is 23.1. The molecule has 1 aliphatic heterocycles. The van der Waals surface area contributed by atoms with Crippen LogP contribution in [0.4, 0.5) is 0 Å². The fourth-order valence-electron chi connectivity index (χ4n) is 3.82. The first-order valence-corrected chi connectivity index (χ1v) is 14.4. The van der Waals surface area contributed by atoms with Gasteiger partial charge in [-0.25, -0.2) is 0 Å². The highest BCUT2D eigenvalue weighted by Crippen LogP contribution is 2.18. The maximum atomic E-state index is 10.6. The monoisotopic (exact) mass is 639 g/mol. The third-order valence-corrected chi connectivity index (χ3v) is 6.40. The molecule has 0 unspecified atom stereocenters. The van der Waals surface area contributed by atoms with E-state index in [1.165, 1.54) is 0 Å². The minimum absolute atomic E-state index is 0.112. The van der Waals surface area contributed by atoms with E-state index in [1.54, 1.807) is 0 Å². The number of nitrogens with one attached hydrogen (secondary N) is 4. The molecular weight excluding hydrogens is 590 g/mol. The molecule has 0 radical (unpaired) electrons. The normalized spacial score (nSPS) is 15.4. The minimum Gasteiger partial charge on any atom is -0.480 e. The lowest BCUT2D eigenvalue weighted by atomic mass is 10.1. The number of hydrogen-bond acceptors (Lipinski definition) is 10. The number of carboxylic acids is 4. The Morgan fingerprint density at radius 3 is 1.96 bits per heavy atom. The fourth-order valence-corrected chi connectivity index (χ4v) is 3.82. The molecule has 17 heteroatoms. The van der Waals surface area contributed by atoms with Gasteiger partial charge >= 0.3 is 23.9 Å². The maximum Gasteiger partial charge on any atom is 0.320 e. The van der Waals surface area contributed by atoms with Crippen molar-refractivity contribution in [2.45, 2.75) is 75.5 Å². The highest BCUT2D eigenvalue weighted by atomic mass is 16.4. The van der Waals surface area contributed by atoms with E-state index < -0.39 is 42.0 Å². The fraction of sp³-hybridized carbons (Fsp3) is 0.536. The van der Waals surface area contributed by atoms with Crippen LogP contribution in [0, 0.1) is 5.41 Å². The minimum atomic E-state index is -1.00. The number of hydrogen-bond donors (Lipinski definition) is 13. The van der Waals surface area contributed by atoms with Crippen LogP contribution in [0.1, 0.15) is 50.5 Å². The summed E-state index contributed by atoms with van der Waals surface area (Å²) >= 11 is 0. The summed E-state index contributed by atoms with van der Waals surface area (Å²) in [7, 11) is 0. The molecule has 18 N–H and O–H groups in total. The molecule has 0 bridgehead atoms. The summed E-state index contributed by atoms with van der Waals surface area (Å²) in [5, 5.41) is 47.0. The smallest absolute Gasteiger partial charge is 0.320 e. The molecule has 254 valence electrons. The molecule has 1 aromatic heterocycles. The van der Waals surface area contributed by atoms with Crippen LogP contribution < -0.4 is 39.3 Å². The quantitative estimate of drug-likeness (QED) is 0.0678. The van der Waals surface area contributed by atoms with Gasteiger partial charge in [0.05, 0.1) is 0 Å². The molecule has 1 aliphatic rings. The average molecular weight is 640 g/mol. The van der Waals surface area contributed by atoms with E-state index in [4.69, 9.17) is 54.5 Å². The van der Waals surface area contributed by atoms with Gasteiger partial charge in [0, 0.05) is 30.1 Å². The van der Waals surface area contributed by atoms with Crippen LogP contribution in [0.2, 0.25) is 0 Å². The van der Waals surface area contributed by atoms with Crippen LogP contribution in [0.3, 0.4) is 0 Å². The Morgan fingerprint density at radius 2 is 1.49 bits per heavy atom. The lowest BCUT2D eigenvalue weighted by Crippen LogP contribution is -2.34. The first-order chi connectivity index (χ1) is 21.2. The largest absolute Gasteiger partial charge is 0.480 e. The van der Waals surface area contributed by atoms with Crippen LogP contribution in [-0.2, 0) is 25.6 Å². The van der Waals surface area contributed by atoms with Gasteiger partial charge in [-0.3, -0.25) is 24.6 Å². The Morgan fingerprint density at radius 1 is 0.911 bits per heavy atom. The molecule has 1 aromatic carbocycles. The lowest BCUT2D eigenvalue weighted by Gasteiger charge is -2.06. The predicted octanol–water partition coefficient (Wildman–Crippen LogP) is -0.866. The van der Waals surface area contributed by atoms with E-state index in [9.17, 15) is 19.2 Å². The highest BCUT2D eigenvalue weighted by Gasteiger charge is 2.20. The molecule has 0 aliphatic carbocycles. The zero-order valence-corrected chi connectivity index (χ0v) is 25.3. The molecule has 0 spiro atoms. The number of aromatic amines is 1. The maximum absolute atomic E-state index is 10.6. The molecule has 17 nitrogen and oxygen atoms in total. The molecule has 1 fully saturated rings. The summed E-state index contributed by atoms with van der Waals surface area (Å²) in [4.78, 5) is 44.2. The van der Waals surface area contributed by atoms with Crippen LogP contribution in [0.25, 0.3) is 10.9 Å². The summed E-state index contributed by atoms with van der Waals surface area (Å²) in [6.45, 7) is 1.94. The van der Waals surface area contributed by atoms with Crippen LogP contribution in [-0.4, -0.2) is 99.0 Å². The van der Waals surface area contributed by atoms with E-state index in [2.05, 4.69) is 15.6 Å². The van der Waals surface area contributed by atoms with Crippen LogP contribution in [0.5, 0.6) is 0 Å². The number of benzene rings is 1. The zero-order valence-electron chi connectivity index (χ0n) is 25.3. The van der Waals surface area contributed by atoms with E-state index in [1.807, 2.05) is 30.5 Å². The summed E-state index contributed by atoms with van der Waals surface area (Å²) in [6.07, 6.45) is 7.08.